The van der Waals surface area contributed by atoms with E-state index in [9.17, 15) is 18.4 Å². The van der Waals surface area contributed by atoms with Crippen molar-refractivity contribution in [3.63, 3.8) is 0 Å². The molecule has 142 valence electrons. The average molecular weight is 413 g/mol. The lowest BCUT2D eigenvalue weighted by Crippen LogP contribution is -2.41. The summed E-state index contributed by atoms with van der Waals surface area (Å²) in [6.45, 7) is -0.0577. The average Bonchev–Trinajstić information content (AvgIpc) is 2.64. The number of halogens is 3. The first-order chi connectivity index (χ1) is 12.8. The number of hydrogen-bond acceptors (Lipinski definition) is 4. The van der Waals surface area contributed by atoms with Gasteiger partial charge >= 0.3 is 5.97 Å². The molecule has 2 aromatic carbocycles. The standard InChI is InChI=1S/C18H15ClF2N2O3S/c1-22-18(27)23(16(24)11-6-12(20)8-13(21)7-11)9-10-3-4-15(19)14(5-10)17(25)26-2/h3-8H,9H2,1-2H3,(H,22,27). The Kier molecular flexibility index (Phi) is 6.81. The zero-order valence-corrected chi connectivity index (χ0v) is 16.0. The molecule has 5 nitrogen and oxygen atoms in total. The third-order valence-corrected chi connectivity index (χ3v) is 4.34. The minimum atomic E-state index is -0.881. The lowest BCUT2D eigenvalue weighted by Gasteiger charge is -2.23. The SMILES string of the molecule is CNC(=S)N(Cc1ccc(Cl)c(C(=O)OC)c1)C(=O)c1cc(F)cc(F)c1. The van der Waals surface area contributed by atoms with E-state index < -0.39 is 23.5 Å². The molecule has 9 heteroatoms. The van der Waals surface area contributed by atoms with Crippen molar-refractivity contribution in [2.45, 2.75) is 6.54 Å². The van der Waals surface area contributed by atoms with E-state index in [1.807, 2.05) is 0 Å². The number of benzene rings is 2. The molecule has 2 aromatic rings. The summed E-state index contributed by atoms with van der Waals surface area (Å²) in [6.07, 6.45) is 0. The molecule has 0 spiro atoms. The lowest BCUT2D eigenvalue weighted by atomic mass is 10.1. The van der Waals surface area contributed by atoms with Gasteiger partial charge in [-0.15, -0.1) is 0 Å². The Labute approximate surface area is 164 Å². The smallest absolute Gasteiger partial charge is 0.339 e. The van der Waals surface area contributed by atoms with Gasteiger partial charge in [-0.1, -0.05) is 17.7 Å². The van der Waals surface area contributed by atoms with Gasteiger partial charge in [-0.2, -0.15) is 0 Å². The van der Waals surface area contributed by atoms with Crippen LogP contribution in [0.2, 0.25) is 5.02 Å². The molecule has 0 bridgehead atoms. The van der Waals surface area contributed by atoms with Crippen LogP contribution in [0.5, 0.6) is 0 Å². The lowest BCUT2D eigenvalue weighted by molar-refractivity contribution is 0.0600. The monoisotopic (exact) mass is 412 g/mol. The molecular weight excluding hydrogens is 398 g/mol. The summed E-state index contributed by atoms with van der Waals surface area (Å²) in [6, 6.07) is 7.03. The molecule has 0 fully saturated rings. The highest BCUT2D eigenvalue weighted by atomic mass is 35.5. The summed E-state index contributed by atoms with van der Waals surface area (Å²) in [5.41, 5.74) is 0.436. The zero-order chi connectivity index (χ0) is 20.1. The minimum Gasteiger partial charge on any atom is -0.465 e. The van der Waals surface area contributed by atoms with E-state index in [2.05, 4.69) is 10.1 Å². The van der Waals surface area contributed by atoms with Crippen LogP contribution >= 0.6 is 23.8 Å². The van der Waals surface area contributed by atoms with Crippen LogP contribution in [0.15, 0.2) is 36.4 Å². The molecule has 0 aliphatic rings. The molecule has 0 atom stereocenters. The fourth-order valence-electron chi connectivity index (χ4n) is 2.32. The number of nitrogens with one attached hydrogen (secondary N) is 1. The molecule has 27 heavy (non-hydrogen) atoms. The molecular formula is C18H15ClF2N2O3S. The van der Waals surface area contributed by atoms with Crippen LogP contribution in [0.4, 0.5) is 8.78 Å². The second-order valence-electron chi connectivity index (χ2n) is 5.41. The van der Waals surface area contributed by atoms with Crippen LogP contribution < -0.4 is 5.32 Å². The van der Waals surface area contributed by atoms with Crippen molar-refractivity contribution < 1.29 is 23.1 Å². The van der Waals surface area contributed by atoms with Gasteiger partial charge in [0, 0.05) is 18.7 Å². The van der Waals surface area contributed by atoms with Crippen molar-refractivity contribution in [2.75, 3.05) is 14.2 Å². The van der Waals surface area contributed by atoms with Crippen molar-refractivity contribution in [1.82, 2.24) is 10.2 Å². The summed E-state index contributed by atoms with van der Waals surface area (Å²) >= 11 is 11.1. The predicted octanol–water partition coefficient (Wildman–Crippen LogP) is 3.55. The van der Waals surface area contributed by atoms with Crippen LogP contribution in [0.25, 0.3) is 0 Å². The van der Waals surface area contributed by atoms with Gasteiger partial charge in [0.1, 0.15) is 11.6 Å². The van der Waals surface area contributed by atoms with Crippen LogP contribution in [0.3, 0.4) is 0 Å². The first-order valence-electron chi connectivity index (χ1n) is 7.63. The van der Waals surface area contributed by atoms with E-state index in [0.717, 1.165) is 17.0 Å². The van der Waals surface area contributed by atoms with Gasteiger partial charge in [0.05, 0.1) is 24.2 Å². The number of ether oxygens (including phenoxy) is 1. The first kappa shape index (κ1) is 20.7. The Morgan fingerprint density at radius 1 is 1.19 bits per heavy atom. The van der Waals surface area contributed by atoms with Crippen molar-refractivity contribution in [3.8, 4) is 0 Å². The molecule has 0 aliphatic carbocycles. The van der Waals surface area contributed by atoms with Crippen molar-refractivity contribution >= 4 is 40.8 Å². The number of carbonyl (C=O) groups is 2. The minimum absolute atomic E-state index is 0.0410. The summed E-state index contributed by atoms with van der Waals surface area (Å²) in [4.78, 5) is 25.6. The molecule has 0 radical (unpaired) electrons. The number of rotatable bonds is 4. The van der Waals surface area contributed by atoms with Gasteiger partial charge < -0.3 is 10.1 Å². The van der Waals surface area contributed by atoms with Crippen LogP contribution in [-0.2, 0) is 11.3 Å². The van der Waals surface area contributed by atoms with Gasteiger partial charge in [-0.3, -0.25) is 9.69 Å². The van der Waals surface area contributed by atoms with Crippen molar-refractivity contribution in [3.05, 3.63) is 69.7 Å². The van der Waals surface area contributed by atoms with Gasteiger partial charge in [0.15, 0.2) is 5.11 Å². The molecule has 0 unspecified atom stereocenters. The maximum atomic E-state index is 13.5. The number of thiocarbonyl (C=S) groups is 1. The topological polar surface area (TPSA) is 58.6 Å². The van der Waals surface area contributed by atoms with E-state index in [1.165, 1.54) is 26.3 Å². The van der Waals surface area contributed by atoms with E-state index in [1.54, 1.807) is 6.07 Å². The predicted molar refractivity (Wildman–Crippen MR) is 101 cm³/mol. The quantitative estimate of drug-likeness (QED) is 0.614. The Bertz CT molecular complexity index is 888. The molecule has 2 rings (SSSR count). The highest BCUT2D eigenvalue weighted by Gasteiger charge is 2.22. The second-order valence-corrected chi connectivity index (χ2v) is 6.20. The molecule has 1 N–H and O–H groups in total. The van der Waals surface area contributed by atoms with E-state index >= 15 is 0 Å². The normalized spacial score (nSPS) is 10.3. The van der Waals surface area contributed by atoms with Gasteiger partial charge in [0.25, 0.3) is 5.91 Å². The van der Waals surface area contributed by atoms with E-state index in [0.29, 0.717) is 11.6 Å². The van der Waals surface area contributed by atoms with E-state index in [-0.39, 0.29) is 27.8 Å². The summed E-state index contributed by atoms with van der Waals surface area (Å²) in [7, 11) is 2.73. The van der Waals surface area contributed by atoms with Gasteiger partial charge in [-0.25, -0.2) is 13.6 Å². The fraction of sp³-hybridized carbons (Fsp3) is 0.167. The van der Waals surface area contributed by atoms with Crippen molar-refractivity contribution in [1.29, 1.82) is 0 Å². The molecule has 0 saturated heterocycles. The highest BCUT2D eigenvalue weighted by molar-refractivity contribution is 7.80. The zero-order valence-electron chi connectivity index (χ0n) is 14.4. The van der Waals surface area contributed by atoms with Gasteiger partial charge in [-0.05, 0) is 42.0 Å². The molecule has 0 aliphatic heterocycles. The summed E-state index contributed by atoms with van der Waals surface area (Å²) in [5, 5.41) is 2.88. The Hall–Kier alpha value is -2.58. The number of hydrogen-bond donors (Lipinski definition) is 1. The third-order valence-electron chi connectivity index (χ3n) is 3.59. The summed E-state index contributed by atoms with van der Waals surface area (Å²) in [5.74, 6) is -3.10. The maximum absolute atomic E-state index is 13.5. The Balaban J connectivity index is 2.39. The van der Waals surface area contributed by atoms with E-state index in [4.69, 9.17) is 23.8 Å². The number of methoxy groups -OCH3 is 1. The Morgan fingerprint density at radius 3 is 2.37 bits per heavy atom. The Morgan fingerprint density at radius 2 is 1.81 bits per heavy atom. The number of amides is 1. The van der Waals surface area contributed by atoms with Gasteiger partial charge in [0.2, 0.25) is 0 Å². The molecule has 0 heterocycles. The third kappa shape index (κ3) is 4.99. The van der Waals surface area contributed by atoms with Crippen LogP contribution in [0.1, 0.15) is 26.3 Å². The second kappa shape index (κ2) is 8.88. The first-order valence-corrected chi connectivity index (χ1v) is 8.41. The number of nitrogens with zero attached hydrogens (tertiary/aromatic N) is 1. The highest BCUT2D eigenvalue weighted by Crippen LogP contribution is 2.21. The number of esters is 1. The number of carbonyl (C=O) groups excluding carboxylic acids is 2. The maximum Gasteiger partial charge on any atom is 0.339 e. The largest absolute Gasteiger partial charge is 0.465 e. The molecule has 1 amide bonds. The fourth-order valence-corrected chi connectivity index (χ4v) is 2.67. The molecule has 0 aromatic heterocycles. The summed E-state index contributed by atoms with van der Waals surface area (Å²) < 4.78 is 31.6. The van der Waals surface area contributed by atoms with Crippen LogP contribution in [-0.4, -0.2) is 36.0 Å². The van der Waals surface area contributed by atoms with Crippen LogP contribution in [0, 0.1) is 11.6 Å². The molecule has 0 saturated carbocycles. The van der Waals surface area contributed by atoms with Crippen molar-refractivity contribution in [2.24, 2.45) is 0 Å².